The molecule has 0 spiro atoms. The number of hydrogen-bond donors (Lipinski definition) is 3. The molecule has 0 saturated heterocycles. The van der Waals surface area contributed by atoms with Crippen molar-refractivity contribution >= 4 is 17.8 Å². The van der Waals surface area contributed by atoms with Crippen molar-refractivity contribution in [2.45, 2.75) is 49.3 Å². The van der Waals surface area contributed by atoms with E-state index in [1.54, 1.807) is 11.8 Å². The summed E-state index contributed by atoms with van der Waals surface area (Å²) in [7, 11) is 0. The lowest BCUT2D eigenvalue weighted by molar-refractivity contribution is 0.117. The van der Waals surface area contributed by atoms with E-state index in [1.807, 2.05) is 18.4 Å². The van der Waals surface area contributed by atoms with Crippen molar-refractivity contribution in [3.63, 3.8) is 0 Å². The maximum Gasteiger partial charge on any atom is 0.315 e. The average molecular weight is 294 g/mol. The van der Waals surface area contributed by atoms with E-state index < -0.39 is 0 Å². The summed E-state index contributed by atoms with van der Waals surface area (Å²) in [5, 5.41) is 15.3. The summed E-state index contributed by atoms with van der Waals surface area (Å²) in [6.07, 6.45) is 5.13. The molecule has 0 aromatic heterocycles. The van der Waals surface area contributed by atoms with Gasteiger partial charge in [0.05, 0.1) is 6.10 Å². The second kappa shape index (κ2) is 7.55. The largest absolute Gasteiger partial charge is 0.393 e. The molecule has 1 aromatic carbocycles. The van der Waals surface area contributed by atoms with Gasteiger partial charge in [0.25, 0.3) is 0 Å². The number of urea groups is 1. The molecule has 5 heteroatoms. The average Bonchev–Trinajstić information content (AvgIpc) is 2.48. The Balaban J connectivity index is 1.71. The van der Waals surface area contributed by atoms with Gasteiger partial charge in [-0.3, -0.25) is 0 Å². The van der Waals surface area contributed by atoms with E-state index >= 15 is 0 Å². The second-order valence-corrected chi connectivity index (χ2v) is 6.06. The first-order valence-corrected chi connectivity index (χ1v) is 8.25. The molecular formula is C15H22N2O2S. The smallest absolute Gasteiger partial charge is 0.315 e. The van der Waals surface area contributed by atoms with Crippen molar-refractivity contribution in [1.82, 2.24) is 10.6 Å². The van der Waals surface area contributed by atoms with Gasteiger partial charge < -0.3 is 15.7 Å². The molecule has 20 heavy (non-hydrogen) atoms. The molecule has 0 aliphatic heterocycles. The molecule has 0 radical (unpaired) electrons. The molecule has 0 unspecified atom stereocenters. The van der Waals surface area contributed by atoms with Crippen LogP contribution in [0.3, 0.4) is 0 Å². The van der Waals surface area contributed by atoms with Crippen molar-refractivity contribution in [1.29, 1.82) is 0 Å². The monoisotopic (exact) mass is 294 g/mol. The Bertz CT molecular complexity index is 428. The van der Waals surface area contributed by atoms with Gasteiger partial charge in [0.1, 0.15) is 0 Å². The Morgan fingerprint density at radius 3 is 2.50 bits per heavy atom. The lowest BCUT2D eigenvalue weighted by atomic mass is 9.93. The Morgan fingerprint density at radius 1 is 1.25 bits per heavy atom. The molecular weight excluding hydrogens is 272 g/mol. The van der Waals surface area contributed by atoms with E-state index in [2.05, 4.69) is 22.8 Å². The summed E-state index contributed by atoms with van der Waals surface area (Å²) in [6.45, 7) is 0.538. The van der Waals surface area contributed by atoms with Gasteiger partial charge in [-0.2, -0.15) is 0 Å². The van der Waals surface area contributed by atoms with Gasteiger partial charge in [0.15, 0.2) is 0 Å². The minimum atomic E-state index is -0.189. The van der Waals surface area contributed by atoms with Gasteiger partial charge in [-0.15, -0.1) is 11.8 Å². The van der Waals surface area contributed by atoms with E-state index in [0.29, 0.717) is 6.54 Å². The van der Waals surface area contributed by atoms with Gasteiger partial charge >= 0.3 is 6.03 Å². The van der Waals surface area contributed by atoms with Gasteiger partial charge in [-0.25, -0.2) is 4.79 Å². The SMILES string of the molecule is CSc1ccc(CNC(=O)NC2CCC(O)CC2)cc1. The predicted octanol–water partition coefficient (Wildman–Crippen LogP) is 2.51. The van der Waals surface area contributed by atoms with Crippen LogP contribution in [0, 0.1) is 0 Å². The lowest BCUT2D eigenvalue weighted by Gasteiger charge is -2.26. The number of carbonyl (C=O) groups excluding carboxylic acids is 1. The molecule has 0 heterocycles. The van der Waals surface area contributed by atoms with E-state index in [-0.39, 0.29) is 18.2 Å². The van der Waals surface area contributed by atoms with Gasteiger partial charge in [0, 0.05) is 17.5 Å². The van der Waals surface area contributed by atoms with Crippen LogP contribution in [-0.4, -0.2) is 29.5 Å². The van der Waals surface area contributed by atoms with Gasteiger partial charge in [-0.05, 0) is 49.6 Å². The summed E-state index contributed by atoms with van der Waals surface area (Å²) in [6, 6.07) is 8.24. The summed E-state index contributed by atoms with van der Waals surface area (Å²) < 4.78 is 0. The normalized spacial score (nSPS) is 22.3. The number of amides is 2. The second-order valence-electron chi connectivity index (χ2n) is 5.18. The topological polar surface area (TPSA) is 61.4 Å². The quantitative estimate of drug-likeness (QED) is 0.748. The zero-order valence-electron chi connectivity index (χ0n) is 11.8. The van der Waals surface area contributed by atoms with Crippen LogP contribution >= 0.6 is 11.8 Å². The maximum absolute atomic E-state index is 11.8. The fraction of sp³-hybridized carbons (Fsp3) is 0.533. The maximum atomic E-state index is 11.8. The van der Waals surface area contributed by atoms with Gasteiger partial charge in [-0.1, -0.05) is 12.1 Å². The Morgan fingerprint density at radius 2 is 1.90 bits per heavy atom. The fourth-order valence-electron chi connectivity index (χ4n) is 2.38. The standard InChI is InChI=1S/C15H22N2O2S/c1-20-14-8-2-11(3-9-14)10-16-15(19)17-12-4-6-13(18)7-5-12/h2-3,8-9,12-13,18H,4-7,10H2,1H3,(H2,16,17,19). The molecule has 1 saturated carbocycles. The summed E-state index contributed by atoms with van der Waals surface area (Å²) >= 11 is 1.71. The van der Waals surface area contributed by atoms with Crippen LogP contribution in [0.1, 0.15) is 31.2 Å². The van der Waals surface area contributed by atoms with Crippen molar-refractivity contribution in [3.05, 3.63) is 29.8 Å². The third-order valence-electron chi connectivity index (χ3n) is 3.64. The highest BCUT2D eigenvalue weighted by Gasteiger charge is 2.20. The molecule has 0 atom stereocenters. The molecule has 1 aliphatic rings. The Labute approximate surface area is 124 Å². The van der Waals surface area contributed by atoms with Crippen LogP contribution in [-0.2, 0) is 6.54 Å². The van der Waals surface area contributed by atoms with Crippen LogP contribution in [0.25, 0.3) is 0 Å². The minimum absolute atomic E-state index is 0.125. The number of nitrogens with one attached hydrogen (secondary N) is 2. The summed E-state index contributed by atoms with van der Waals surface area (Å²) in [5.74, 6) is 0. The zero-order chi connectivity index (χ0) is 14.4. The fourth-order valence-corrected chi connectivity index (χ4v) is 2.79. The third-order valence-corrected chi connectivity index (χ3v) is 4.39. The van der Waals surface area contributed by atoms with Gasteiger partial charge in [0.2, 0.25) is 0 Å². The van der Waals surface area contributed by atoms with Crippen LogP contribution in [0.5, 0.6) is 0 Å². The van der Waals surface area contributed by atoms with Crippen LogP contribution in [0.15, 0.2) is 29.2 Å². The number of hydrogen-bond acceptors (Lipinski definition) is 3. The molecule has 2 amide bonds. The van der Waals surface area contributed by atoms with E-state index in [1.165, 1.54) is 4.90 Å². The first-order valence-electron chi connectivity index (χ1n) is 7.02. The van der Waals surface area contributed by atoms with Crippen LogP contribution in [0.2, 0.25) is 0 Å². The highest BCUT2D eigenvalue weighted by atomic mass is 32.2. The van der Waals surface area contributed by atoms with Crippen molar-refractivity contribution in [3.8, 4) is 0 Å². The number of aliphatic hydroxyl groups is 1. The highest BCUT2D eigenvalue weighted by Crippen LogP contribution is 2.18. The summed E-state index contributed by atoms with van der Waals surface area (Å²) in [4.78, 5) is 13.0. The molecule has 0 bridgehead atoms. The van der Waals surface area contributed by atoms with Crippen LogP contribution in [0.4, 0.5) is 4.79 Å². The third kappa shape index (κ3) is 4.72. The molecule has 3 N–H and O–H groups in total. The first kappa shape index (κ1) is 15.2. The number of aliphatic hydroxyl groups excluding tert-OH is 1. The van der Waals surface area contributed by atoms with Crippen LogP contribution < -0.4 is 10.6 Å². The molecule has 4 nitrogen and oxygen atoms in total. The molecule has 1 aliphatic carbocycles. The molecule has 110 valence electrons. The molecule has 1 aromatic rings. The van der Waals surface area contributed by atoms with Crippen molar-refractivity contribution in [2.75, 3.05) is 6.26 Å². The summed E-state index contributed by atoms with van der Waals surface area (Å²) in [5.41, 5.74) is 1.09. The Kier molecular flexibility index (Phi) is 5.73. The van der Waals surface area contributed by atoms with Crippen molar-refractivity contribution in [2.24, 2.45) is 0 Å². The number of thioether (sulfide) groups is 1. The Hall–Kier alpha value is -1.20. The lowest BCUT2D eigenvalue weighted by Crippen LogP contribution is -2.43. The van der Waals surface area contributed by atoms with Crippen molar-refractivity contribution < 1.29 is 9.90 Å². The number of carbonyl (C=O) groups is 1. The number of rotatable bonds is 4. The molecule has 2 rings (SSSR count). The highest BCUT2D eigenvalue weighted by molar-refractivity contribution is 7.98. The zero-order valence-corrected chi connectivity index (χ0v) is 12.6. The van der Waals surface area contributed by atoms with E-state index in [0.717, 1.165) is 31.2 Å². The minimum Gasteiger partial charge on any atom is -0.393 e. The number of benzene rings is 1. The van der Waals surface area contributed by atoms with E-state index in [9.17, 15) is 9.90 Å². The van der Waals surface area contributed by atoms with E-state index in [4.69, 9.17) is 0 Å². The molecule has 1 fully saturated rings. The first-order chi connectivity index (χ1) is 9.67. The predicted molar refractivity (Wildman–Crippen MR) is 81.9 cm³/mol.